The molecule has 0 saturated heterocycles. The summed E-state index contributed by atoms with van der Waals surface area (Å²) in [5, 5.41) is 14.6. The Morgan fingerprint density at radius 2 is 2.17 bits per heavy atom. The number of nitrogens with one attached hydrogen (secondary N) is 1. The van der Waals surface area contributed by atoms with Crippen molar-refractivity contribution < 1.29 is 4.39 Å². The monoisotopic (exact) mass is 249 g/mol. The van der Waals surface area contributed by atoms with Crippen LogP contribution in [0.15, 0.2) is 18.2 Å². The maximum absolute atomic E-state index is 13.9. The first-order valence-corrected chi connectivity index (χ1v) is 5.85. The van der Waals surface area contributed by atoms with Gasteiger partial charge in [0.15, 0.2) is 5.82 Å². The van der Waals surface area contributed by atoms with E-state index in [1.165, 1.54) is 10.7 Å². The molecule has 0 radical (unpaired) electrons. The zero-order valence-electron chi connectivity index (χ0n) is 10.7. The van der Waals surface area contributed by atoms with E-state index in [9.17, 15) is 4.39 Å². The lowest BCUT2D eigenvalue weighted by Gasteiger charge is -2.10. The van der Waals surface area contributed by atoms with Crippen LogP contribution in [0.5, 0.6) is 0 Å². The quantitative estimate of drug-likeness (QED) is 0.894. The zero-order valence-corrected chi connectivity index (χ0v) is 10.7. The summed E-state index contributed by atoms with van der Waals surface area (Å²) in [7, 11) is 0. The summed E-state index contributed by atoms with van der Waals surface area (Å²) >= 11 is 0. The van der Waals surface area contributed by atoms with Crippen molar-refractivity contribution in [2.45, 2.75) is 33.4 Å². The number of halogens is 1. The van der Waals surface area contributed by atoms with E-state index in [0.29, 0.717) is 24.1 Å². The van der Waals surface area contributed by atoms with Crippen LogP contribution in [0.2, 0.25) is 0 Å². The zero-order chi connectivity index (χ0) is 13.1. The minimum absolute atomic E-state index is 0.317. The molecule has 96 valence electrons. The number of nitrogens with zero attached hydrogens (tertiary/aromatic N) is 4. The number of rotatable bonds is 4. The molecule has 0 saturated carbocycles. The fraction of sp³-hybridized carbons (Fsp3) is 0.417. The van der Waals surface area contributed by atoms with Gasteiger partial charge in [-0.05, 0) is 29.0 Å². The van der Waals surface area contributed by atoms with Gasteiger partial charge in [0.2, 0.25) is 0 Å². The van der Waals surface area contributed by atoms with Gasteiger partial charge in [0, 0.05) is 6.04 Å². The highest BCUT2D eigenvalue weighted by Gasteiger charge is 2.14. The number of aromatic nitrogens is 4. The first-order chi connectivity index (χ1) is 8.59. The van der Waals surface area contributed by atoms with Gasteiger partial charge in [0.1, 0.15) is 11.5 Å². The van der Waals surface area contributed by atoms with E-state index in [2.05, 4.69) is 20.8 Å². The van der Waals surface area contributed by atoms with Crippen LogP contribution in [0.4, 0.5) is 4.39 Å². The lowest BCUT2D eigenvalue weighted by Crippen LogP contribution is -2.24. The molecule has 1 aromatic heterocycles. The third-order valence-electron chi connectivity index (χ3n) is 2.60. The normalized spacial score (nSPS) is 11.2. The third-order valence-corrected chi connectivity index (χ3v) is 2.60. The molecule has 0 atom stereocenters. The van der Waals surface area contributed by atoms with Crippen LogP contribution in [-0.4, -0.2) is 26.2 Å². The van der Waals surface area contributed by atoms with Gasteiger partial charge in [-0.25, -0.2) is 4.39 Å². The Morgan fingerprint density at radius 3 is 2.83 bits per heavy atom. The predicted octanol–water partition coefficient (Wildman–Crippen LogP) is 1.61. The van der Waals surface area contributed by atoms with Crippen LogP contribution in [0.3, 0.4) is 0 Å². The van der Waals surface area contributed by atoms with Gasteiger partial charge in [0.05, 0.1) is 6.54 Å². The Balaban J connectivity index is 2.36. The third kappa shape index (κ3) is 2.53. The van der Waals surface area contributed by atoms with Gasteiger partial charge in [-0.2, -0.15) is 4.68 Å². The Hall–Kier alpha value is -1.82. The summed E-state index contributed by atoms with van der Waals surface area (Å²) < 4.78 is 15.3. The predicted molar refractivity (Wildman–Crippen MR) is 65.8 cm³/mol. The summed E-state index contributed by atoms with van der Waals surface area (Å²) in [6.45, 7) is 6.39. The molecule has 6 heteroatoms. The maximum atomic E-state index is 13.9. The minimum Gasteiger partial charge on any atom is -0.308 e. The molecule has 0 fully saturated rings. The van der Waals surface area contributed by atoms with Crippen molar-refractivity contribution in [2.24, 2.45) is 0 Å². The molecule has 1 heterocycles. The summed E-state index contributed by atoms with van der Waals surface area (Å²) in [5.41, 5.74) is 1.20. The lowest BCUT2D eigenvalue weighted by molar-refractivity contribution is 0.554. The van der Waals surface area contributed by atoms with Crippen molar-refractivity contribution in [3.8, 4) is 5.69 Å². The Kier molecular flexibility index (Phi) is 3.66. The summed E-state index contributed by atoms with van der Waals surface area (Å²) in [4.78, 5) is 0. The van der Waals surface area contributed by atoms with Gasteiger partial charge in [-0.3, -0.25) is 0 Å². The van der Waals surface area contributed by atoms with E-state index in [1.807, 2.05) is 26.8 Å². The molecule has 18 heavy (non-hydrogen) atoms. The molecule has 0 aliphatic carbocycles. The molecular weight excluding hydrogens is 233 g/mol. The van der Waals surface area contributed by atoms with Crippen LogP contribution in [0.1, 0.15) is 25.2 Å². The van der Waals surface area contributed by atoms with Crippen LogP contribution in [0, 0.1) is 12.7 Å². The van der Waals surface area contributed by atoms with E-state index in [-0.39, 0.29) is 5.82 Å². The fourth-order valence-corrected chi connectivity index (χ4v) is 1.68. The van der Waals surface area contributed by atoms with Gasteiger partial charge >= 0.3 is 0 Å². The second-order valence-electron chi connectivity index (χ2n) is 4.45. The average molecular weight is 249 g/mol. The van der Waals surface area contributed by atoms with E-state index in [4.69, 9.17) is 0 Å². The molecule has 0 aliphatic heterocycles. The fourth-order valence-electron chi connectivity index (χ4n) is 1.68. The van der Waals surface area contributed by atoms with Crippen molar-refractivity contribution in [1.29, 1.82) is 0 Å². The highest BCUT2D eigenvalue weighted by atomic mass is 19.1. The van der Waals surface area contributed by atoms with E-state index in [1.54, 1.807) is 6.07 Å². The molecular formula is C12H16FN5. The number of benzene rings is 1. The standard InChI is InChI=1S/C12H16FN5/c1-8(2)14-7-11-15-16-17-18(11)12-9(3)5-4-6-10(12)13/h4-6,8,14H,7H2,1-3H3. The summed E-state index contributed by atoms with van der Waals surface area (Å²) in [6, 6.07) is 5.23. The van der Waals surface area contributed by atoms with E-state index in [0.717, 1.165) is 5.56 Å². The molecule has 2 aromatic rings. The SMILES string of the molecule is Cc1cccc(F)c1-n1nnnc1CNC(C)C. The topological polar surface area (TPSA) is 55.6 Å². The molecule has 0 amide bonds. The largest absolute Gasteiger partial charge is 0.308 e. The molecule has 0 aliphatic rings. The second kappa shape index (κ2) is 5.22. The molecule has 2 rings (SSSR count). The minimum atomic E-state index is -0.326. The number of hydrogen-bond donors (Lipinski definition) is 1. The highest BCUT2D eigenvalue weighted by molar-refractivity contribution is 5.41. The van der Waals surface area contributed by atoms with Crippen molar-refractivity contribution in [2.75, 3.05) is 0 Å². The van der Waals surface area contributed by atoms with Gasteiger partial charge in [0.25, 0.3) is 0 Å². The highest BCUT2D eigenvalue weighted by Crippen LogP contribution is 2.17. The van der Waals surface area contributed by atoms with Crippen molar-refractivity contribution in [3.63, 3.8) is 0 Å². The van der Waals surface area contributed by atoms with Crippen molar-refractivity contribution in [1.82, 2.24) is 25.5 Å². The van der Waals surface area contributed by atoms with E-state index < -0.39 is 0 Å². The molecule has 1 aromatic carbocycles. The van der Waals surface area contributed by atoms with Gasteiger partial charge in [-0.1, -0.05) is 26.0 Å². The number of tetrazole rings is 1. The van der Waals surface area contributed by atoms with Crippen molar-refractivity contribution in [3.05, 3.63) is 35.4 Å². The van der Waals surface area contributed by atoms with Gasteiger partial charge in [-0.15, -0.1) is 5.10 Å². The average Bonchev–Trinajstić information content (AvgIpc) is 2.74. The van der Waals surface area contributed by atoms with Crippen LogP contribution >= 0.6 is 0 Å². The van der Waals surface area contributed by atoms with Crippen LogP contribution < -0.4 is 5.32 Å². The van der Waals surface area contributed by atoms with Crippen molar-refractivity contribution >= 4 is 0 Å². The number of hydrogen-bond acceptors (Lipinski definition) is 4. The molecule has 0 bridgehead atoms. The van der Waals surface area contributed by atoms with E-state index >= 15 is 0 Å². The first-order valence-electron chi connectivity index (χ1n) is 5.85. The number of aryl methyl sites for hydroxylation is 1. The molecule has 0 spiro atoms. The Morgan fingerprint density at radius 1 is 1.39 bits per heavy atom. The summed E-state index contributed by atoms with van der Waals surface area (Å²) in [5.74, 6) is 0.269. The molecule has 1 N–H and O–H groups in total. The van der Waals surface area contributed by atoms with Crippen LogP contribution in [0.25, 0.3) is 5.69 Å². The Labute approximate surface area is 105 Å². The molecule has 0 unspecified atom stereocenters. The Bertz CT molecular complexity index is 515. The maximum Gasteiger partial charge on any atom is 0.170 e. The smallest absolute Gasteiger partial charge is 0.170 e. The van der Waals surface area contributed by atoms with Crippen LogP contribution in [-0.2, 0) is 6.54 Å². The lowest BCUT2D eigenvalue weighted by atomic mass is 10.2. The first kappa shape index (κ1) is 12.6. The second-order valence-corrected chi connectivity index (χ2v) is 4.45. The van der Waals surface area contributed by atoms with Gasteiger partial charge < -0.3 is 5.32 Å². The molecule has 5 nitrogen and oxygen atoms in total. The number of para-hydroxylation sites is 1. The summed E-state index contributed by atoms with van der Waals surface area (Å²) in [6.07, 6.45) is 0.